The van der Waals surface area contributed by atoms with E-state index in [1.807, 2.05) is 13.8 Å². The Labute approximate surface area is 131 Å². The Hall–Kier alpha value is -1.26. The Morgan fingerprint density at radius 2 is 2.14 bits per heavy atom. The minimum atomic E-state index is -0.555. The van der Waals surface area contributed by atoms with Crippen LogP contribution in [0.4, 0.5) is 0 Å². The van der Waals surface area contributed by atoms with E-state index in [1.165, 1.54) is 0 Å². The molecular formula is C16H24ClNO3. The molecule has 0 aliphatic rings. The van der Waals surface area contributed by atoms with E-state index in [-0.39, 0.29) is 18.4 Å². The quantitative estimate of drug-likeness (QED) is 0.725. The van der Waals surface area contributed by atoms with Crippen LogP contribution in [0.15, 0.2) is 18.2 Å². The van der Waals surface area contributed by atoms with Gasteiger partial charge in [-0.05, 0) is 56.4 Å². The van der Waals surface area contributed by atoms with Crippen LogP contribution in [0.5, 0.6) is 5.75 Å². The lowest BCUT2D eigenvalue weighted by atomic mass is 10.1. The number of benzene rings is 1. The van der Waals surface area contributed by atoms with E-state index in [2.05, 4.69) is 5.32 Å². The van der Waals surface area contributed by atoms with Crippen LogP contribution in [0.1, 0.15) is 32.3 Å². The molecule has 118 valence electrons. The van der Waals surface area contributed by atoms with Crippen LogP contribution in [0.2, 0.25) is 5.02 Å². The maximum Gasteiger partial charge on any atom is 0.260 e. The van der Waals surface area contributed by atoms with Gasteiger partial charge in [-0.15, -0.1) is 0 Å². The first kappa shape index (κ1) is 17.8. The Bertz CT molecular complexity index is 465. The molecule has 0 aliphatic heterocycles. The lowest BCUT2D eigenvalue weighted by Crippen LogP contribution is -2.37. The number of nitrogens with one attached hydrogen (secondary N) is 1. The third-order valence-corrected chi connectivity index (χ3v) is 3.53. The SMILES string of the molecule is Cc1cc(Cl)ccc1OC(C)C(=O)NCCCC(C)CO. The molecule has 0 saturated heterocycles. The molecule has 5 heteroatoms. The minimum Gasteiger partial charge on any atom is -0.481 e. The fourth-order valence-electron chi connectivity index (χ4n) is 1.89. The fourth-order valence-corrected chi connectivity index (χ4v) is 2.11. The number of aryl methyl sites for hydroxylation is 1. The Balaban J connectivity index is 2.37. The molecule has 21 heavy (non-hydrogen) atoms. The summed E-state index contributed by atoms with van der Waals surface area (Å²) >= 11 is 5.89. The van der Waals surface area contributed by atoms with Crippen LogP contribution in [0, 0.1) is 12.8 Å². The molecule has 0 aromatic heterocycles. The van der Waals surface area contributed by atoms with E-state index < -0.39 is 6.10 Å². The second kappa shape index (κ2) is 8.90. The lowest BCUT2D eigenvalue weighted by Gasteiger charge is -2.16. The molecule has 1 aromatic carbocycles. The lowest BCUT2D eigenvalue weighted by molar-refractivity contribution is -0.127. The van der Waals surface area contributed by atoms with Gasteiger partial charge in [0.05, 0.1) is 0 Å². The number of aliphatic hydroxyl groups is 1. The normalized spacial score (nSPS) is 13.6. The topological polar surface area (TPSA) is 58.6 Å². The summed E-state index contributed by atoms with van der Waals surface area (Å²) in [6.45, 7) is 6.37. The maximum absolute atomic E-state index is 11.9. The van der Waals surface area contributed by atoms with Crippen molar-refractivity contribution in [2.45, 2.75) is 39.7 Å². The standard InChI is InChI=1S/C16H24ClNO3/c1-11(10-19)5-4-8-18-16(20)13(3)21-15-7-6-14(17)9-12(15)2/h6-7,9,11,13,19H,4-5,8,10H2,1-3H3,(H,18,20). The summed E-state index contributed by atoms with van der Waals surface area (Å²) in [6, 6.07) is 5.31. The summed E-state index contributed by atoms with van der Waals surface area (Å²) in [5, 5.41) is 12.4. The van der Waals surface area contributed by atoms with E-state index in [4.69, 9.17) is 21.4 Å². The van der Waals surface area contributed by atoms with Gasteiger partial charge in [0.25, 0.3) is 5.91 Å². The third-order valence-electron chi connectivity index (χ3n) is 3.29. The molecule has 2 unspecified atom stereocenters. The summed E-state index contributed by atoms with van der Waals surface area (Å²) in [7, 11) is 0. The van der Waals surface area contributed by atoms with Gasteiger partial charge < -0.3 is 15.2 Å². The second-order valence-electron chi connectivity index (χ2n) is 5.39. The van der Waals surface area contributed by atoms with Gasteiger partial charge in [0.1, 0.15) is 5.75 Å². The van der Waals surface area contributed by atoms with Crippen LogP contribution >= 0.6 is 11.6 Å². The molecule has 1 aromatic rings. The molecule has 0 fully saturated rings. The highest BCUT2D eigenvalue weighted by Gasteiger charge is 2.15. The van der Waals surface area contributed by atoms with Crippen molar-refractivity contribution in [3.8, 4) is 5.75 Å². The van der Waals surface area contributed by atoms with Crippen LogP contribution in [0.25, 0.3) is 0 Å². The molecule has 0 aliphatic carbocycles. The Morgan fingerprint density at radius 1 is 1.43 bits per heavy atom. The minimum absolute atomic E-state index is 0.138. The summed E-state index contributed by atoms with van der Waals surface area (Å²) in [6.07, 6.45) is 1.18. The first-order valence-electron chi connectivity index (χ1n) is 7.25. The summed E-state index contributed by atoms with van der Waals surface area (Å²) in [4.78, 5) is 11.9. The summed E-state index contributed by atoms with van der Waals surface area (Å²) < 4.78 is 5.65. The maximum atomic E-state index is 11.9. The van der Waals surface area contributed by atoms with Crippen molar-refractivity contribution < 1.29 is 14.6 Å². The zero-order valence-electron chi connectivity index (χ0n) is 12.9. The largest absolute Gasteiger partial charge is 0.481 e. The van der Waals surface area contributed by atoms with E-state index in [9.17, 15) is 4.79 Å². The van der Waals surface area contributed by atoms with Gasteiger partial charge in [-0.1, -0.05) is 18.5 Å². The Morgan fingerprint density at radius 3 is 2.76 bits per heavy atom. The van der Waals surface area contributed by atoms with Crippen LogP contribution in [-0.4, -0.2) is 30.3 Å². The van der Waals surface area contributed by atoms with Crippen LogP contribution < -0.4 is 10.1 Å². The van der Waals surface area contributed by atoms with E-state index >= 15 is 0 Å². The number of hydrogen-bond acceptors (Lipinski definition) is 3. The van der Waals surface area contributed by atoms with Gasteiger partial charge in [0.15, 0.2) is 6.10 Å². The third kappa shape index (κ3) is 6.36. The fraction of sp³-hybridized carbons (Fsp3) is 0.562. The molecular weight excluding hydrogens is 290 g/mol. The van der Waals surface area contributed by atoms with Gasteiger partial charge in [0.2, 0.25) is 0 Å². The highest BCUT2D eigenvalue weighted by atomic mass is 35.5. The van der Waals surface area contributed by atoms with Crippen molar-refractivity contribution >= 4 is 17.5 Å². The zero-order valence-corrected chi connectivity index (χ0v) is 13.6. The molecule has 0 spiro atoms. The average molecular weight is 314 g/mol. The second-order valence-corrected chi connectivity index (χ2v) is 5.83. The summed E-state index contributed by atoms with van der Waals surface area (Å²) in [5.74, 6) is 0.796. The van der Waals surface area contributed by atoms with Crippen LogP contribution in [0.3, 0.4) is 0 Å². The van der Waals surface area contributed by atoms with Gasteiger partial charge in [0, 0.05) is 18.2 Å². The number of aliphatic hydroxyl groups excluding tert-OH is 1. The number of carbonyl (C=O) groups excluding carboxylic acids is 1. The Kier molecular flexibility index (Phi) is 7.54. The van der Waals surface area contributed by atoms with E-state index in [0.717, 1.165) is 18.4 Å². The summed E-state index contributed by atoms with van der Waals surface area (Å²) in [5.41, 5.74) is 0.902. The monoisotopic (exact) mass is 313 g/mol. The molecule has 2 N–H and O–H groups in total. The van der Waals surface area contributed by atoms with Gasteiger partial charge in [-0.25, -0.2) is 0 Å². The van der Waals surface area contributed by atoms with Gasteiger partial charge in [-0.3, -0.25) is 4.79 Å². The average Bonchev–Trinajstić information content (AvgIpc) is 2.45. The smallest absolute Gasteiger partial charge is 0.260 e. The highest BCUT2D eigenvalue weighted by Crippen LogP contribution is 2.22. The predicted octanol–water partition coefficient (Wildman–Crippen LogP) is 2.94. The first-order valence-corrected chi connectivity index (χ1v) is 7.63. The molecule has 0 radical (unpaired) electrons. The van der Waals surface area contributed by atoms with Crippen molar-refractivity contribution in [1.29, 1.82) is 0 Å². The van der Waals surface area contributed by atoms with Crippen molar-refractivity contribution in [1.82, 2.24) is 5.32 Å². The van der Waals surface area contributed by atoms with Crippen LogP contribution in [-0.2, 0) is 4.79 Å². The molecule has 0 saturated carbocycles. The molecule has 2 atom stereocenters. The van der Waals surface area contributed by atoms with E-state index in [0.29, 0.717) is 17.3 Å². The zero-order chi connectivity index (χ0) is 15.8. The number of carbonyl (C=O) groups is 1. The predicted molar refractivity (Wildman–Crippen MR) is 84.8 cm³/mol. The van der Waals surface area contributed by atoms with Crippen molar-refractivity contribution in [3.05, 3.63) is 28.8 Å². The van der Waals surface area contributed by atoms with Gasteiger partial charge >= 0.3 is 0 Å². The molecule has 4 nitrogen and oxygen atoms in total. The van der Waals surface area contributed by atoms with Gasteiger partial charge in [-0.2, -0.15) is 0 Å². The number of rotatable bonds is 8. The highest BCUT2D eigenvalue weighted by molar-refractivity contribution is 6.30. The molecule has 0 bridgehead atoms. The first-order chi connectivity index (χ1) is 9.93. The molecule has 0 heterocycles. The molecule has 1 amide bonds. The number of ether oxygens (including phenoxy) is 1. The molecule has 1 rings (SSSR count). The number of halogens is 1. The van der Waals surface area contributed by atoms with Crippen molar-refractivity contribution in [3.63, 3.8) is 0 Å². The van der Waals surface area contributed by atoms with Crippen molar-refractivity contribution in [2.24, 2.45) is 5.92 Å². The number of hydrogen-bond donors (Lipinski definition) is 2. The number of amides is 1. The van der Waals surface area contributed by atoms with Crippen molar-refractivity contribution in [2.75, 3.05) is 13.2 Å². The van der Waals surface area contributed by atoms with E-state index in [1.54, 1.807) is 25.1 Å².